The molecule has 17 heavy (non-hydrogen) atoms. The Balaban J connectivity index is 1.93. The number of anilines is 1. The van der Waals surface area contributed by atoms with Crippen LogP contribution in [-0.4, -0.2) is 16.1 Å². The van der Waals surface area contributed by atoms with Gasteiger partial charge in [0.05, 0.1) is 18.7 Å². The Morgan fingerprint density at radius 1 is 1.53 bits per heavy atom. The van der Waals surface area contributed by atoms with Gasteiger partial charge >= 0.3 is 5.97 Å². The van der Waals surface area contributed by atoms with E-state index in [2.05, 4.69) is 28.7 Å². The number of carbonyl (C=O) groups is 1. The zero-order valence-electron chi connectivity index (χ0n) is 9.27. The third kappa shape index (κ3) is 3.28. The van der Waals surface area contributed by atoms with Crippen LogP contribution in [0.5, 0.6) is 0 Å². The monoisotopic (exact) mass is 268 g/mol. The molecule has 4 nitrogen and oxygen atoms in total. The van der Waals surface area contributed by atoms with Gasteiger partial charge in [-0.1, -0.05) is 0 Å². The highest BCUT2D eigenvalue weighted by molar-refractivity contribution is 7.13. The number of nitrogens with zero attached hydrogens (tertiary/aromatic N) is 1. The van der Waals surface area contributed by atoms with Crippen molar-refractivity contribution in [1.29, 1.82) is 0 Å². The molecule has 0 amide bonds. The maximum atomic E-state index is 10.5. The van der Waals surface area contributed by atoms with Crippen LogP contribution in [0.4, 0.5) is 5.13 Å². The summed E-state index contributed by atoms with van der Waals surface area (Å²) in [5.74, 6) is -0.851. The molecule has 0 saturated carbocycles. The first-order valence-electron chi connectivity index (χ1n) is 5.08. The minimum atomic E-state index is -0.851. The van der Waals surface area contributed by atoms with E-state index in [0.29, 0.717) is 5.69 Å². The van der Waals surface area contributed by atoms with Gasteiger partial charge in [-0.05, 0) is 23.9 Å². The lowest BCUT2D eigenvalue weighted by Gasteiger charge is -2.00. The Labute approximate surface area is 107 Å². The lowest BCUT2D eigenvalue weighted by molar-refractivity contribution is -0.136. The van der Waals surface area contributed by atoms with Gasteiger partial charge in [-0.2, -0.15) is 0 Å². The number of thiophene rings is 1. The van der Waals surface area contributed by atoms with Crippen LogP contribution in [0.25, 0.3) is 0 Å². The second-order valence-electron chi connectivity index (χ2n) is 3.59. The molecule has 0 aliphatic heterocycles. The molecule has 0 atom stereocenters. The fourth-order valence-electron chi connectivity index (χ4n) is 1.37. The summed E-state index contributed by atoms with van der Waals surface area (Å²) >= 11 is 3.14. The minimum Gasteiger partial charge on any atom is -0.481 e. The standard InChI is InChI=1S/C11H12N2O2S2/c1-7-2-3-16-9(7)5-12-11-13-8(6-17-11)4-10(14)15/h2-3,6H,4-5H2,1H3,(H,12,13)(H,14,15). The van der Waals surface area contributed by atoms with Crippen molar-refractivity contribution in [1.82, 2.24) is 4.98 Å². The molecule has 90 valence electrons. The van der Waals surface area contributed by atoms with Crippen LogP contribution in [0.2, 0.25) is 0 Å². The van der Waals surface area contributed by atoms with Crippen molar-refractivity contribution in [3.05, 3.63) is 33.0 Å². The number of carboxylic acid groups (broad SMARTS) is 1. The molecule has 0 saturated heterocycles. The molecule has 2 rings (SSSR count). The van der Waals surface area contributed by atoms with Crippen LogP contribution in [-0.2, 0) is 17.8 Å². The third-order valence-electron chi connectivity index (χ3n) is 2.25. The Hall–Kier alpha value is -1.40. The van der Waals surface area contributed by atoms with Crippen molar-refractivity contribution in [2.24, 2.45) is 0 Å². The molecule has 0 aromatic carbocycles. The number of rotatable bonds is 5. The second kappa shape index (κ2) is 5.29. The van der Waals surface area contributed by atoms with Gasteiger partial charge < -0.3 is 10.4 Å². The van der Waals surface area contributed by atoms with Gasteiger partial charge in [0.15, 0.2) is 5.13 Å². The number of nitrogens with one attached hydrogen (secondary N) is 1. The van der Waals surface area contributed by atoms with E-state index in [0.717, 1.165) is 11.7 Å². The normalized spacial score (nSPS) is 10.4. The number of aliphatic carboxylic acids is 1. The van der Waals surface area contributed by atoms with Gasteiger partial charge in [0.1, 0.15) is 0 Å². The van der Waals surface area contributed by atoms with E-state index in [4.69, 9.17) is 5.11 Å². The van der Waals surface area contributed by atoms with Crippen molar-refractivity contribution in [2.45, 2.75) is 19.9 Å². The molecule has 0 spiro atoms. The van der Waals surface area contributed by atoms with Crippen LogP contribution in [0.1, 0.15) is 16.1 Å². The molecule has 2 N–H and O–H groups in total. The van der Waals surface area contributed by atoms with Crippen LogP contribution in [0.15, 0.2) is 16.8 Å². The summed E-state index contributed by atoms with van der Waals surface area (Å²) in [6.07, 6.45) is -0.0176. The van der Waals surface area contributed by atoms with E-state index in [1.165, 1.54) is 21.8 Å². The Kier molecular flexibility index (Phi) is 3.75. The molecule has 2 heterocycles. The summed E-state index contributed by atoms with van der Waals surface area (Å²) in [6.45, 7) is 2.81. The van der Waals surface area contributed by atoms with E-state index >= 15 is 0 Å². The number of aryl methyl sites for hydroxylation is 1. The summed E-state index contributed by atoms with van der Waals surface area (Å²) in [6, 6.07) is 2.08. The smallest absolute Gasteiger partial charge is 0.309 e. The first kappa shape index (κ1) is 12.1. The van der Waals surface area contributed by atoms with E-state index in [1.54, 1.807) is 16.7 Å². The lowest BCUT2D eigenvalue weighted by Crippen LogP contribution is -2.01. The summed E-state index contributed by atoms with van der Waals surface area (Å²) in [5, 5.41) is 16.5. The summed E-state index contributed by atoms with van der Waals surface area (Å²) in [4.78, 5) is 16.0. The van der Waals surface area contributed by atoms with Crippen LogP contribution < -0.4 is 5.32 Å². The van der Waals surface area contributed by atoms with E-state index in [-0.39, 0.29) is 6.42 Å². The van der Waals surface area contributed by atoms with Gasteiger partial charge in [-0.15, -0.1) is 22.7 Å². The molecule has 0 aliphatic rings. The molecule has 0 aliphatic carbocycles. The average Bonchev–Trinajstić information content (AvgIpc) is 2.84. The first-order valence-corrected chi connectivity index (χ1v) is 6.84. The predicted molar refractivity (Wildman–Crippen MR) is 69.8 cm³/mol. The molecule has 6 heteroatoms. The van der Waals surface area contributed by atoms with E-state index in [1.807, 2.05) is 0 Å². The molecule has 0 fully saturated rings. The van der Waals surface area contributed by atoms with Crippen molar-refractivity contribution in [3.63, 3.8) is 0 Å². The molecule has 2 aromatic rings. The van der Waals surface area contributed by atoms with Gasteiger partial charge in [0, 0.05) is 10.3 Å². The maximum Gasteiger partial charge on any atom is 0.309 e. The maximum absolute atomic E-state index is 10.5. The highest BCUT2D eigenvalue weighted by atomic mass is 32.1. The van der Waals surface area contributed by atoms with E-state index < -0.39 is 5.97 Å². The van der Waals surface area contributed by atoms with E-state index in [9.17, 15) is 4.79 Å². The number of carboxylic acids is 1. The van der Waals surface area contributed by atoms with Crippen LogP contribution in [0.3, 0.4) is 0 Å². The number of hydrogen-bond acceptors (Lipinski definition) is 5. The summed E-state index contributed by atoms with van der Waals surface area (Å²) < 4.78 is 0. The summed E-state index contributed by atoms with van der Waals surface area (Å²) in [5.41, 5.74) is 1.87. The summed E-state index contributed by atoms with van der Waals surface area (Å²) in [7, 11) is 0. The number of hydrogen-bond donors (Lipinski definition) is 2. The third-order valence-corrected chi connectivity index (χ3v) is 4.12. The Morgan fingerprint density at radius 2 is 2.35 bits per heavy atom. The Morgan fingerprint density at radius 3 is 3.00 bits per heavy atom. The van der Waals surface area contributed by atoms with Gasteiger partial charge in [0.2, 0.25) is 0 Å². The highest BCUT2D eigenvalue weighted by Crippen LogP contribution is 2.20. The van der Waals surface area contributed by atoms with Crippen molar-refractivity contribution in [3.8, 4) is 0 Å². The van der Waals surface area contributed by atoms with Crippen molar-refractivity contribution >= 4 is 33.8 Å². The molecular weight excluding hydrogens is 256 g/mol. The number of aromatic nitrogens is 1. The quantitative estimate of drug-likeness (QED) is 0.875. The molecule has 2 aromatic heterocycles. The fraction of sp³-hybridized carbons (Fsp3) is 0.273. The number of thiazole rings is 1. The largest absolute Gasteiger partial charge is 0.481 e. The topological polar surface area (TPSA) is 62.2 Å². The van der Waals surface area contributed by atoms with Crippen molar-refractivity contribution in [2.75, 3.05) is 5.32 Å². The van der Waals surface area contributed by atoms with Gasteiger partial charge in [-0.25, -0.2) is 4.98 Å². The van der Waals surface area contributed by atoms with Crippen molar-refractivity contribution < 1.29 is 9.90 Å². The molecule has 0 radical (unpaired) electrons. The zero-order valence-corrected chi connectivity index (χ0v) is 10.9. The van der Waals surface area contributed by atoms with Crippen LogP contribution >= 0.6 is 22.7 Å². The average molecular weight is 268 g/mol. The van der Waals surface area contributed by atoms with Gasteiger partial charge in [-0.3, -0.25) is 4.79 Å². The zero-order chi connectivity index (χ0) is 12.3. The predicted octanol–water partition coefficient (Wildman–Crippen LogP) is 2.75. The fourth-order valence-corrected chi connectivity index (χ4v) is 2.92. The minimum absolute atomic E-state index is 0.0176. The second-order valence-corrected chi connectivity index (χ2v) is 5.45. The molecular formula is C11H12N2O2S2. The lowest BCUT2D eigenvalue weighted by atomic mass is 10.3. The Bertz CT molecular complexity index is 519. The molecule has 0 bridgehead atoms. The highest BCUT2D eigenvalue weighted by Gasteiger charge is 2.06. The van der Waals surface area contributed by atoms with Crippen LogP contribution in [0, 0.1) is 6.92 Å². The SMILES string of the molecule is Cc1ccsc1CNc1nc(CC(=O)O)cs1. The van der Waals surface area contributed by atoms with Gasteiger partial charge in [0.25, 0.3) is 0 Å². The molecule has 0 unspecified atom stereocenters. The first-order chi connectivity index (χ1) is 8.15.